The molecule has 3 aromatic heterocycles. The highest BCUT2D eigenvalue weighted by Crippen LogP contribution is 2.27. The van der Waals surface area contributed by atoms with Crippen molar-refractivity contribution in [2.75, 3.05) is 25.5 Å². The molecule has 1 aliphatic rings. The summed E-state index contributed by atoms with van der Waals surface area (Å²) >= 11 is 1.49. The Kier molecular flexibility index (Phi) is 5.50. The van der Waals surface area contributed by atoms with Gasteiger partial charge in [-0.1, -0.05) is 0 Å². The molecule has 0 atom stereocenters. The molecule has 146 valence electrons. The normalized spacial score (nSPS) is 15.6. The average molecular weight is 398 g/mol. The first-order valence-electron chi connectivity index (χ1n) is 9.41. The number of anilines is 1. The van der Waals surface area contributed by atoms with Crippen molar-refractivity contribution >= 4 is 23.1 Å². The second kappa shape index (κ2) is 8.20. The smallest absolute Gasteiger partial charge is 0.225 e. The summed E-state index contributed by atoms with van der Waals surface area (Å²) in [5, 5.41) is 5.62. The van der Waals surface area contributed by atoms with Gasteiger partial charge in [0.1, 0.15) is 22.3 Å². The quantitative estimate of drug-likeness (QED) is 0.704. The molecule has 0 radical (unpaired) electrons. The molecule has 7 nitrogen and oxygen atoms in total. The highest BCUT2D eigenvalue weighted by atomic mass is 32.1. The van der Waals surface area contributed by atoms with Crippen molar-refractivity contribution in [3.05, 3.63) is 35.5 Å². The molecule has 0 saturated carbocycles. The van der Waals surface area contributed by atoms with Gasteiger partial charge in [-0.05, 0) is 58.0 Å². The maximum Gasteiger partial charge on any atom is 0.225 e. The average Bonchev–Trinajstić information content (AvgIpc) is 3.35. The topological polar surface area (TPSA) is 84.2 Å². The summed E-state index contributed by atoms with van der Waals surface area (Å²) in [5.74, 6) is 2.67. The van der Waals surface area contributed by atoms with Gasteiger partial charge in [0.05, 0.1) is 0 Å². The van der Waals surface area contributed by atoms with Crippen molar-refractivity contribution in [3.63, 3.8) is 0 Å². The number of likely N-dealkylation sites (tertiary alicyclic amines) is 1. The van der Waals surface area contributed by atoms with Gasteiger partial charge < -0.3 is 14.6 Å². The number of hydrogen-bond acceptors (Lipinski definition) is 7. The van der Waals surface area contributed by atoms with E-state index in [0.717, 1.165) is 36.7 Å². The lowest BCUT2D eigenvalue weighted by Crippen LogP contribution is -2.32. The summed E-state index contributed by atoms with van der Waals surface area (Å²) in [6.07, 6.45) is 4.35. The first-order chi connectivity index (χ1) is 13.6. The van der Waals surface area contributed by atoms with Gasteiger partial charge in [0.2, 0.25) is 5.91 Å². The highest BCUT2D eigenvalue weighted by Gasteiger charge is 2.20. The lowest BCUT2D eigenvalue weighted by atomic mass is 9.93. The van der Waals surface area contributed by atoms with Crippen LogP contribution in [-0.4, -0.2) is 45.9 Å². The molecule has 1 fully saturated rings. The number of thiazole rings is 1. The molecule has 1 saturated heterocycles. The second-order valence-corrected chi connectivity index (χ2v) is 8.10. The minimum atomic E-state index is -0.0140. The van der Waals surface area contributed by atoms with Crippen molar-refractivity contribution in [2.24, 2.45) is 5.92 Å². The molecule has 1 amide bonds. The Morgan fingerprint density at radius 1 is 1.32 bits per heavy atom. The molecule has 0 aliphatic carbocycles. The summed E-state index contributed by atoms with van der Waals surface area (Å²) in [6.45, 7) is 3.96. The van der Waals surface area contributed by atoms with Crippen LogP contribution in [0.2, 0.25) is 0 Å². The molecule has 0 unspecified atom stereocenters. The lowest BCUT2D eigenvalue weighted by Gasteiger charge is -2.28. The summed E-state index contributed by atoms with van der Waals surface area (Å²) in [6, 6.07) is 5.47. The van der Waals surface area contributed by atoms with E-state index in [-0.39, 0.29) is 5.91 Å². The minimum absolute atomic E-state index is 0.0140. The number of rotatable bonds is 5. The van der Waals surface area contributed by atoms with E-state index >= 15 is 0 Å². The fourth-order valence-electron chi connectivity index (χ4n) is 3.36. The maximum atomic E-state index is 12.6. The van der Waals surface area contributed by atoms with E-state index in [1.54, 1.807) is 12.3 Å². The van der Waals surface area contributed by atoms with Gasteiger partial charge in [-0.15, -0.1) is 11.3 Å². The predicted octanol–water partition coefficient (Wildman–Crippen LogP) is 3.84. The van der Waals surface area contributed by atoms with Crippen molar-refractivity contribution in [1.29, 1.82) is 0 Å². The van der Waals surface area contributed by atoms with Gasteiger partial charge in [0.25, 0.3) is 0 Å². The van der Waals surface area contributed by atoms with Gasteiger partial charge in [0, 0.05) is 24.1 Å². The third kappa shape index (κ3) is 4.45. The number of nitrogens with one attached hydrogen (secondary N) is 1. The summed E-state index contributed by atoms with van der Waals surface area (Å²) in [5.41, 5.74) is 0.670. The zero-order valence-electron chi connectivity index (χ0n) is 16.0. The highest BCUT2D eigenvalue weighted by molar-refractivity contribution is 7.13. The number of aromatic nitrogens is 3. The van der Waals surface area contributed by atoms with E-state index in [1.807, 2.05) is 24.4 Å². The standard InChI is InChI=1S/C20H23N5O2S/c1-13-3-4-16(27-13)19-22-15(20-21-7-10-28-20)12-17(24-19)23-18(26)11-14-5-8-25(2)9-6-14/h3-4,7,10,12,14H,5-6,8-9,11H2,1-2H3,(H,22,23,24,26). The molecule has 4 rings (SSSR count). The number of carbonyl (C=O) groups excluding carboxylic acids is 1. The number of nitrogens with zero attached hydrogens (tertiary/aromatic N) is 4. The molecule has 8 heteroatoms. The Hall–Kier alpha value is -2.58. The first-order valence-corrected chi connectivity index (χ1v) is 10.3. The number of carbonyl (C=O) groups is 1. The van der Waals surface area contributed by atoms with Crippen LogP contribution in [0, 0.1) is 12.8 Å². The van der Waals surface area contributed by atoms with Crippen LogP contribution < -0.4 is 5.32 Å². The van der Waals surface area contributed by atoms with Crippen LogP contribution in [0.3, 0.4) is 0 Å². The van der Waals surface area contributed by atoms with Crippen LogP contribution >= 0.6 is 11.3 Å². The van der Waals surface area contributed by atoms with Gasteiger partial charge in [0.15, 0.2) is 11.6 Å². The SMILES string of the molecule is Cc1ccc(-c2nc(NC(=O)CC3CCN(C)CC3)cc(-c3nccs3)n2)o1. The largest absolute Gasteiger partial charge is 0.458 e. The van der Waals surface area contributed by atoms with Crippen LogP contribution in [0.15, 0.2) is 34.2 Å². The Morgan fingerprint density at radius 2 is 2.14 bits per heavy atom. The van der Waals surface area contributed by atoms with Crippen molar-refractivity contribution in [3.8, 4) is 22.3 Å². The van der Waals surface area contributed by atoms with Gasteiger partial charge >= 0.3 is 0 Å². The maximum absolute atomic E-state index is 12.6. The van der Waals surface area contributed by atoms with Crippen LogP contribution in [0.1, 0.15) is 25.0 Å². The fourth-order valence-corrected chi connectivity index (χ4v) is 3.96. The Labute approximate surface area is 167 Å². The number of piperidine rings is 1. The van der Waals surface area contributed by atoms with E-state index in [4.69, 9.17) is 4.42 Å². The molecule has 28 heavy (non-hydrogen) atoms. The number of aryl methyl sites for hydroxylation is 1. The fraction of sp³-hybridized carbons (Fsp3) is 0.400. The molecule has 1 N–H and O–H groups in total. The monoisotopic (exact) mass is 397 g/mol. The molecule has 1 aliphatic heterocycles. The van der Waals surface area contributed by atoms with Crippen LogP contribution in [-0.2, 0) is 4.79 Å². The van der Waals surface area contributed by atoms with Crippen LogP contribution in [0.25, 0.3) is 22.3 Å². The van der Waals surface area contributed by atoms with E-state index in [0.29, 0.717) is 35.4 Å². The van der Waals surface area contributed by atoms with Gasteiger partial charge in [-0.3, -0.25) is 4.79 Å². The van der Waals surface area contributed by atoms with Gasteiger partial charge in [-0.2, -0.15) is 0 Å². The number of furan rings is 1. The zero-order valence-corrected chi connectivity index (χ0v) is 16.8. The third-order valence-corrected chi connectivity index (χ3v) is 5.71. The molecular formula is C20H23N5O2S. The van der Waals surface area contributed by atoms with E-state index in [1.165, 1.54) is 11.3 Å². The zero-order chi connectivity index (χ0) is 19.5. The summed E-state index contributed by atoms with van der Waals surface area (Å²) in [4.78, 5) is 28.3. The first kappa shape index (κ1) is 18.8. The van der Waals surface area contributed by atoms with Crippen molar-refractivity contribution in [2.45, 2.75) is 26.2 Å². The molecule has 4 heterocycles. The predicted molar refractivity (Wildman–Crippen MR) is 109 cm³/mol. The lowest BCUT2D eigenvalue weighted by molar-refractivity contribution is -0.117. The minimum Gasteiger partial charge on any atom is -0.458 e. The van der Waals surface area contributed by atoms with Crippen LogP contribution in [0.4, 0.5) is 5.82 Å². The summed E-state index contributed by atoms with van der Waals surface area (Å²) in [7, 11) is 2.12. The van der Waals surface area contributed by atoms with Crippen molar-refractivity contribution in [1.82, 2.24) is 19.9 Å². The molecule has 0 bridgehead atoms. The Morgan fingerprint density at radius 3 is 2.82 bits per heavy atom. The van der Waals surface area contributed by atoms with E-state index < -0.39 is 0 Å². The molecule has 0 spiro atoms. The summed E-state index contributed by atoms with van der Waals surface area (Å²) < 4.78 is 5.67. The molecular weight excluding hydrogens is 374 g/mol. The van der Waals surface area contributed by atoms with Crippen LogP contribution in [0.5, 0.6) is 0 Å². The van der Waals surface area contributed by atoms with Crippen molar-refractivity contribution < 1.29 is 9.21 Å². The van der Waals surface area contributed by atoms with E-state index in [2.05, 4.69) is 32.2 Å². The van der Waals surface area contributed by atoms with E-state index in [9.17, 15) is 4.79 Å². The number of hydrogen-bond donors (Lipinski definition) is 1. The number of amides is 1. The molecule has 3 aromatic rings. The van der Waals surface area contributed by atoms with Gasteiger partial charge in [-0.25, -0.2) is 15.0 Å². The second-order valence-electron chi connectivity index (χ2n) is 7.21. The Bertz CT molecular complexity index is 945. The Balaban J connectivity index is 1.55. The molecule has 0 aromatic carbocycles. The third-order valence-electron chi connectivity index (χ3n) is 4.92.